The molecule has 1 unspecified atom stereocenters. The maximum absolute atomic E-state index is 13.3. The maximum Gasteiger partial charge on any atom is 0.328 e. The first-order valence-corrected chi connectivity index (χ1v) is 12.5. The van der Waals surface area contributed by atoms with E-state index in [0.717, 1.165) is 5.56 Å². The Balaban J connectivity index is 1.60. The number of ether oxygens (including phenoxy) is 1. The Morgan fingerprint density at radius 1 is 0.821 bits per heavy atom. The summed E-state index contributed by atoms with van der Waals surface area (Å²) in [6.07, 6.45) is 0.409. The van der Waals surface area contributed by atoms with Crippen molar-refractivity contribution in [2.75, 3.05) is 17.7 Å². The minimum absolute atomic E-state index is 0.0155. The van der Waals surface area contributed by atoms with Gasteiger partial charge in [-0.2, -0.15) is 0 Å². The average Bonchev–Trinajstić information content (AvgIpc) is 3.39. The zero-order chi connectivity index (χ0) is 27.8. The standard InChI is InChI=1S/C30H30N4O5/c1-19(2)18-24(29(36)38-3)33-28(35)27-25(20-10-6-4-7-11-20)26(34-39-27)21-14-16-23(17-15-21)32-30(37)31-22-12-8-5-9-13-22/h4-17,19,24H,18H2,1-3H3,(H,33,35)(H2,31,32,37). The molecule has 0 aliphatic heterocycles. The molecule has 0 aliphatic rings. The summed E-state index contributed by atoms with van der Waals surface area (Å²) in [5.74, 6) is -0.967. The van der Waals surface area contributed by atoms with Crippen molar-refractivity contribution in [3.05, 3.63) is 90.7 Å². The van der Waals surface area contributed by atoms with Gasteiger partial charge < -0.3 is 25.2 Å². The molecule has 1 heterocycles. The topological polar surface area (TPSA) is 123 Å². The lowest BCUT2D eigenvalue weighted by Crippen LogP contribution is -2.42. The van der Waals surface area contributed by atoms with Crippen molar-refractivity contribution in [1.29, 1.82) is 0 Å². The Morgan fingerprint density at radius 3 is 2.00 bits per heavy atom. The van der Waals surface area contributed by atoms with E-state index >= 15 is 0 Å². The minimum Gasteiger partial charge on any atom is -0.467 e. The fourth-order valence-electron chi connectivity index (χ4n) is 4.09. The predicted molar refractivity (Wildman–Crippen MR) is 149 cm³/mol. The highest BCUT2D eigenvalue weighted by molar-refractivity contribution is 6.03. The van der Waals surface area contributed by atoms with E-state index in [1.54, 1.807) is 36.4 Å². The molecule has 3 aromatic carbocycles. The number of aromatic nitrogens is 1. The van der Waals surface area contributed by atoms with Crippen molar-refractivity contribution >= 4 is 29.3 Å². The molecule has 0 saturated carbocycles. The van der Waals surface area contributed by atoms with Crippen LogP contribution in [0.2, 0.25) is 0 Å². The molecule has 9 heteroatoms. The van der Waals surface area contributed by atoms with Gasteiger partial charge in [0, 0.05) is 16.9 Å². The first kappa shape index (κ1) is 27.1. The van der Waals surface area contributed by atoms with E-state index in [1.165, 1.54) is 7.11 Å². The highest BCUT2D eigenvalue weighted by Crippen LogP contribution is 2.35. The van der Waals surface area contributed by atoms with Crippen molar-refractivity contribution in [3.8, 4) is 22.4 Å². The first-order chi connectivity index (χ1) is 18.9. The normalized spacial score (nSPS) is 11.5. The molecule has 200 valence electrons. The number of hydrogen-bond donors (Lipinski definition) is 3. The molecule has 4 aromatic rings. The molecular weight excluding hydrogens is 496 g/mol. The van der Waals surface area contributed by atoms with E-state index in [0.29, 0.717) is 34.6 Å². The van der Waals surface area contributed by atoms with Crippen molar-refractivity contribution in [2.45, 2.75) is 26.3 Å². The predicted octanol–water partition coefficient (Wildman–Crippen LogP) is 5.97. The van der Waals surface area contributed by atoms with Crippen LogP contribution in [0.5, 0.6) is 0 Å². The molecule has 0 aliphatic carbocycles. The van der Waals surface area contributed by atoms with Gasteiger partial charge in [-0.1, -0.05) is 79.7 Å². The van der Waals surface area contributed by atoms with Crippen molar-refractivity contribution in [1.82, 2.24) is 10.5 Å². The Hall–Kier alpha value is -4.92. The van der Waals surface area contributed by atoms with Gasteiger partial charge in [0.15, 0.2) is 0 Å². The molecular formula is C30H30N4O5. The number of nitrogens with zero attached hydrogens (tertiary/aromatic N) is 1. The van der Waals surface area contributed by atoms with Gasteiger partial charge in [-0.15, -0.1) is 0 Å². The first-order valence-electron chi connectivity index (χ1n) is 12.5. The van der Waals surface area contributed by atoms with Crippen LogP contribution in [-0.4, -0.2) is 36.2 Å². The third-order valence-electron chi connectivity index (χ3n) is 5.91. The molecule has 3 N–H and O–H groups in total. The maximum atomic E-state index is 13.3. The van der Waals surface area contributed by atoms with Crippen LogP contribution in [0.4, 0.5) is 16.2 Å². The number of nitrogens with one attached hydrogen (secondary N) is 3. The van der Waals surface area contributed by atoms with Gasteiger partial charge in [0.1, 0.15) is 11.7 Å². The molecule has 39 heavy (non-hydrogen) atoms. The number of carbonyl (C=O) groups is 3. The summed E-state index contributed by atoms with van der Waals surface area (Å²) in [4.78, 5) is 38.0. The van der Waals surface area contributed by atoms with E-state index in [4.69, 9.17) is 9.26 Å². The van der Waals surface area contributed by atoms with Crippen LogP contribution in [0.3, 0.4) is 0 Å². The second-order valence-electron chi connectivity index (χ2n) is 9.30. The second kappa shape index (κ2) is 12.6. The second-order valence-corrected chi connectivity index (χ2v) is 9.30. The quantitative estimate of drug-likeness (QED) is 0.231. The molecule has 9 nitrogen and oxygen atoms in total. The number of methoxy groups -OCH3 is 1. The van der Waals surface area contributed by atoms with Crippen LogP contribution < -0.4 is 16.0 Å². The van der Waals surface area contributed by atoms with Crippen LogP contribution in [-0.2, 0) is 9.53 Å². The molecule has 0 radical (unpaired) electrons. The number of esters is 1. The van der Waals surface area contributed by atoms with Gasteiger partial charge >= 0.3 is 12.0 Å². The number of benzene rings is 3. The number of rotatable bonds is 9. The van der Waals surface area contributed by atoms with Gasteiger partial charge in [0.05, 0.1) is 12.7 Å². The third-order valence-corrected chi connectivity index (χ3v) is 5.91. The lowest BCUT2D eigenvalue weighted by Gasteiger charge is -2.17. The number of carbonyl (C=O) groups excluding carboxylic acids is 3. The van der Waals surface area contributed by atoms with Gasteiger partial charge in [-0.25, -0.2) is 9.59 Å². The highest BCUT2D eigenvalue weighted by atomic mass is 16.5. The fraction of sp³-hybridized carbons (Fsp3) is 0.200. The number of hydrogen-bond acceptors (Lipinski definition) is 6. The van der Waals surface area contributed by atoms with E-state index in [2.05, 4.69) is 21.1 Å². The molecule has 1 atom stereocenters. The van der Waals surface area contributed by atoms with Crippen molar-refractivity contribution < 1.29 is 23.6 Å². The monoisotopic (exact) mass is 526 g/mol. The van der Waals surface area contributed by atoms with Gasteiger partial charge in [-0.3, -0.25) is 4.79 Å². The highest BCUT2D eigenvalue weighted by Gasteiger charge is 2.29. The van der Waals surface area contributed by atoms with Crippen molar-refractivity contribution in [2.24, 2.45) is 5.92 Å². The number of para-hydroxylation sites is 1. The lowest BCUT2D eigenvalue weighted by molar-refractivity contribution is -0.143. The summed E-state index contributed by atoms with van der Waals surface area (Å²) >= 11 is 0. The summed E-state index contributed by atoms with van der Waals surface area (Å²) in [6.45, 7) is 3.90. The van der Waals surface area contributed by atoms with Gasteiger partial charge in [0.25, 0.3) is 5.91 Å². The largest absolute Gasteiger partial charge is 0.467 e. The van der Waals surface area contributed by atoms with Crippen LogP contribution in [0.25, 0.3) is 22.4 Å². The summed E-state index contributed by atoms with van der Waals surface area (Å²) in [6, 6.07) is 24.2. The van der Waals surface area contributed by atoms with E-state index < -0.39 is 17.9 Å². The molecule has 0 saturated heterocycles. The number of amides is 3. The van der Waals surface area contributed by atoms with Crippen LogP contribution >= 0.6 is 0 Å². The van der Waals surface area contributed by atoms with Crippen LogP contribution in [0.15, 0.2) is 89.5 Å². The lowest BCUT2D eigenvalue weighted by atomic mass is 9.98. The molecule has 0 bridgehead atoms. The Labute approximate surface area is 226 Å². The number of urea groups is 1. The van der Waals surface area contributed by atoms with E-state index in [9.17, 15) is 14.4 Å². The Morgan fingerprint density at radius 2 is 1.41 bits per heavy atom. The van der Waals surface area contributed by atoms with Crippen LogP contribution in [0.1, 0.15) is 30.8 Å². The SMILES string of the molecule is COC(=O)C(CC(C)C)NC(=O)c1onc(-c2ccc(NC(=O)Nc3ccccc3)cc2)c1-c1ccccc1. The van der Waals surface area contributed by atoms with Gasteiger partial charge in [0.2, 0.25) is 5.76 Å². The Bertz CT molecular complexity index is 1420. The molecule has 3 amide bonds. The minimum atomic E-state index is -0.827. The summed E-state index contributed by atoms with van der Waals surface area (Å²) < 4.78 is 10.4. The van der Waals surface area contributed by atoms with Crippen molar-refractivity contribution in [3.63, 3.8) is 0 Å². The smallest absolute Gasteiger partial charge is 0.328 e. The summed E-state index contributed by atoms with van der Waals surface area (Å²) in [7, 11) is 1.29. The zero-order valence-electron chi connectivity index (χ0n) is 21.9. The van der Waals surface area contributed by atoms with E-state index in [-0.39, 0.29) is 17.7 Å². The Kier molecular flexibility index (Phi) is 8.73. The fourth-order valence-corrected chi connectivity index (χ4v) is 4.09. The molecule has 4 rings (SSSR count). The summed E-state index contributed by atoms with van der Waals surface area (Å²) in [5, 5.41) is 12.5. The molecule has 0 fully saturated rings. The zero-order valence-corrected chi connectivity index (χ0v) is 21.9. The van der Waals surface area contributed by atoms with Crippen LogP contribution in [0, 0.1) is 5.92 Å². The summed E-state index contributed by atoms with van der Waals surface area (Å²) in [5.41, 5.74) is 3.59. The van der Waals surface area contributed by atoms with E-state index in [1.807, 2.05) is 62.4 Å². The molecule has 1 aromatic heterocycles. The van der Waals surface area contributed by atoms with Gasteiger partial charge in [-0.05, 0) is 42.2 Å². The molecule has 0 spiro atoms. The number of anilines is 2. The third kappa shape index (κ3) is 6.89. The average molecular weight is 527 g/mol.